The van der Waals surface area contributed by atoms with Crippen LogP contribution >= 0.6 is 0 Å². The van der Waals surface area contributed by atoms with Crippen molar-refractivity contribution in [2.24, 2.45) is 23.2 Å². The summed E-state index contributed by atoms with van der Waals surface area (Å²) >= 11 is 0. The Bertz CT molecular complexity index is 698. The van der Waals surface area contributed by atoms with E-state index in [1.165, 1.54) is 44.9 Å². The van der Waals surface area contributed by atoms with Gasteiger partial charge in [0.2, 0.25) is 0 Å². The second kappa shape index (κ2) is 9.93. The number of rotatable bonds is 7. The first-order valence-electron chi connectivity index (χ1n) is 12.7. The summed E-state index contributed by atoms with van der Waals surface area (Å²) in [6.45, 7) is 12.9. The molecule has 0 unspecified atom stereocenters. The average molecular weight is 431 g/mol. The predicted molar refractivity (Wildman–Crippen MR) is 129 cm³/mol. The lowest BCUT2D eigenvalue weighted by molar-refractivity contribution is 0.0650. The van der Waals surface area contributed by atoms with E-state index < -0.39 is 17.8 Å². The SMILES string of the molecule is C=C1/C(=C\C=C2/CCC[C@]3(C)[C@@H]([C@H](C)CCCCC(C)(C)O)CC[C@@H]23)C[C@@H](O)C[C@@H]1O. The van der Waals surface area contributed by atoms with Gasteiger partial charge in [-0.05, 0) is 93.1 Å². The monoisotopic (exact) mass is 430 g/mol. The van der Waals surface area contributed by atoms with Gasteiger partial charge in [-0.2, -0.15) is 0 Å². The van der Waals surface area contributed by atoms with E-state index in [0.29, 0.717) is 24.2 Å². The standard InChI is InChI=1S/C28H46O3/c1-19(9-6-7-15-27(3,4)31)24-13-14-25-21(10-8-16-28(24,25)5)11-12-22-17-23(29)18-26(30)20(22)2/h11-12,19,23-26,29-31H,2,6-10,13-18H2,1,3-5H3/b21-11+,22-12-/t19-,23-,24-,25+,26+,28-/m1/s1. The third-order valence-corrected chi connectivity index (χ3v) is 8.69. The third-order valence-electron chi connectivity index (χ3n) is 8.69. The van der Waals surface area contributed by atoms with Gasteiger partial charge in [-0.1, -0.05) is 57.4 Å². The Labute approximate surface area is 190 Å². The number of fused-ring (bicyclic) bond motifs is 1. The lowest BCUT2D eigenvalue weighted by Crippen LogP contribution is -2.36. The molecule has 6 atom stereocenters. The molecule has 176 valence electrons. The predicted octanol–water partition coefficient (Wildman–Crippen LogP) is 6.09. The van der Waals surface area contributed by atoms with Crippen molar-refractivity contribution in [3.05, 3.63) is 35.5 Å². The molecule has 3 nitrogen and oxygen atoms in total. The summed E-state index contributed by atoms with van der Waals surface area (Å²) in [7, 11) is 0. The number of aliphatic hydroxyl groups is 3. The molecule has 3 saturated carbocycles. The van der Waals surface area contributed by atoms with Gasteiger partial charge in [-0.15, -0.1) is 0 Å². The van der Waals surface area contributed by atoms with Gasteiger partial charge in [0, 0.05) is 6.42 Å². The number of hydrogen-bond acceptors (Lipinski definition) is 3. The number of aliphatic hydroxyl groups excluding tert-OH is 2. The van der Waals surface area contributed by atoms with Crippen molar-refractivity contribution in [2.45, 2.75) is 116 Å². The summed E-state index contributed by atoms with van der Waals surface area (Å²) in [4.78, 5) is 0. The molecule has 3 aliphatic rings. The Morgan fingerprint density at radius 2 is 1.94 bits per heavy atom. The summed E-state index contributed by atoms with van der Waals surface area (Å²) in [6, 6.07) is 0. The first-order chi connectivity index (χ1) is 14.5. The van der Waals surface area contributed by atoms with Gasteiger partial charge in [0.05, 0.1) is 17.8 Å². The maximum absolute atomic E-state index is 10.1. The van der Waals surface area contributed by atoms with Gasteiger partial charge in [0.25, 0.3) is 0 Å². The molecular formula is C28H46O3. The topological polar surface area (TPSA) is 60.7 Å². The summed E-state index contributed by atoms with van der Waals surface area (Å²) in [5, 5.41) is 30.2. The van der Waals surface area contributed by atoms with Gasteiger partial charge in [-0.25, -0.2) is 0 Å². The zero-order valence-electron chi connectivity index (χ0n) is 20.4. The molecule has 31 heavy (non-hydrogen) atoms. The van der Waals surface area contributed by atoms with Gasteiger partial charge >= 0.3 is 0 Å². The Balaban J connectivity index is 1.66. The molecule has 3 aliphatic carbocycles. The number of allylic oxidation sites excluding steroid dienone is 3. The van der Waals surface area contributed by atoms with Crippen molar-refractivity contribution >= 4 is 0 Å². The number of unbranched alkanes of at least 4 members (excludes halogenated alkanes) is 1. The molecule has 0 aromatic heterocycles. The van der Waals surface area contributed by atoms with Crippen LogP contribution in [0.25, 0.3) is 0 Å². The van der Waals surface area contributed by atoms with Crippen LogP contribution in [0.1, 0.15) is 98.3 Å². The van der Waals surface area contributed by atoms with Crippen LogP contribution in [0.4, 0.5) is 0 Å². The minimum Gasteiger partial charge on any atom is -0.393 e. The molecule has 0 aromatic rings. The summed E-state index contributed by atoms with van der Waals surface area (Å²) in [5.41, 5.74) is 3.22. The molecule has 3 fully saturated rings. The van der Waals surface area contributed by atoms with E-state index in [1.54, 1.807) is 5.57 Å². The van der Waals surface area contributed by atoms with Crippen LogP contribution in [0.2, 0.25) is 0 Å². The van der Waals surface area contributed by atoms with Crippen molar-refractivity contribution in [2.75, 3.05) is 0 Å². The van der Waals surface area contributed by atoms with E-state index in [-0.39, 0.29) is 0 Å². The molecule has 0 amide bonds. The van der Waals surface area contributed by atoms with Gasteiger partial charge < -0.3 is 15.3 Å². The molecule has 0 radical (unpaired) electrons. The Morgan fingerprint density at radius 3 is 2.65 bits per heavy atom. The molecule has 3 rings (SSSR count). The molecule has 3 heteroatoms. The van der Waals surface area contributed by atoms with Crippen molar-refractivity contribution in [3.8, 4) is 0 Å². The van der Waals surface area contributed by atoms with Crippen LogP contribution < -0.4 is 0 Å². The highest BCUT2D eigenvalue weighted by atomic mass is 16.3. The lowest BCUT2D eigenvalue weighted by Gasteiger charge is -2.44. The summed E-state index contributed by atoms with van der Waals surface area (Å²) < 4.78 is 0. The highest BCUT2D eigenvalue weighted by molar-refractivity contribution is 5.38. The average Bonchev–Trinajstić information content (AvgIpc) is 3.03. The minimum absolute atomic E-state index is 0.390. The fourth-order valence-corrected chi connectivity index (χ4v) is 6.90. The normalized spacial score (nSPS) is 38.0. The maximum Gasteiger partial charge on any atom is 0.0811 e. The minimum atomic E-state index is -0.613. The van der Waals surface area contributed by atoms with E-state index in [0.717, 1.165) is 35.8 Å². The van der Waals surface area contributed by atoms with Crippen LogP contribution in [0.15, 0.2) is 35.5 Å². The van der Waals surface area contributed by atoms with E-state index in [2.05, 4.69) is 32.6 Å². The van der Waals surface area contributed by atoms with Crippen LogP contribution in [0.3, 0.4) is 0 Å². The van der Waals surface area contributed by atoms with Crippen molar-refractivity contribution in [1.82, 2.24) is 0 Å². The van der Waals surface area contributed by atoms with Crippen LogP contribution in [0, 0.1) is 23.2 Å². The van der Waals surface area contributed by atoms with E-state index >= 15 is 0 Å². The smallest absolute Gasteiger partial charge is 0.0811 e. The second-order valence-corrected chi connectivity index (χ2v) is 11.7. The zero-order valence-corrected chi connectivity index (χ0v) is 20.4. The summed E-state index contributed by atoms with van der Waals surface area (Å²) in [5.74, 6) is 2.18. The molecule has 0 bridgehead atoms. The van der Waals surface area contributed by atoms with Gasteiger partial charge in [0.1, 0.15) is 0 Å². The first kappa shape index (κ1) is 24.7. The van der Waals surface area contributed by atoms with Crippen LogP contribution in [0.5, 0.6) is 0 Å². The van der Waals surface area contributed by atoms with Gasteiger partial charge in [-0.3, -0.25) is 0 Å². The van der Waals surface area contributed by atoms with E-state index in [1.807, 2.05) is 13.8 Å². The largest absolute Gasteiger partial charge is 0.393 e. The fraction of sp³-hybridized carbons (Fsp3) is 0.786. The van der Waals surface area contributed by atoms with E-state index in [4.69, 9.17) is 0 Å². The molecule has 3 N–H and O–H groups in total. The Kier molecular flexibility index (Phi) is 7.92. The van der Waals surface area contributed by atoms with Crippen LogP contribution in [-0.4, -0.2) is 33.1 Å². The lowest BCUT2D eigenvalue weighted by atomic mass is 9.60. The zero-order chi connectivity index (χ0) is 22.8. The number of hydrogen-bond donors (Lipinski definition) is 3. The summed E-state index contributed by atoms with van der Waals surface area (Å²) in [6.07, 6.45) is 15.2. The highest BCUT2D eigenvalue weighted by Gasteiger charge is 2.50. The Morgan fingerprint density at radius 1 is 1.19 bits per heavy atom. The molecule has 0 saturated heterocycles. The molecule has 0 heterocycles. The molecule has 0 spiro atoms. The Hall–Kier alpha value is -0.900. The molecule has 0 aliphatic heterocycles. The maximum atomic E-state index is 10.1. The van der Waals surface area contributed by atoms with Crippen molar-refractivity contribution in [1.29, 1.82) is 0 Å². The van der Waals surface area contributed by atoms with Crippen LogP contribution in [-0.2, 0) is 0 Å². The first-order valence-corrected chi connectivity index (χ1v) is 12.7. The van der Waals surface area contributed by atoms with E-state index in [9.17, 15) is 15.3 Å². The highest BCUT2D eigenvalue weighted by Crippen LogP contribution is 2.60. The van der Waals surface area contributed by atoms with Crippen molar-refractivity contribution in [3.63, 3.8) is 0 Å². The second-order valence-electron chi connectivity index (χ2n) is 11.7. The van der Waals surface area contributed by atoms with Gasteiger partial charge in [0.15, 0.2) is 0 Å². The molecular weight excluding hydrogens is 384 g/mol. The fourth-order valence-electron chi connectivity index (χ4n) is 6.90. The molecule has 0 aromatic carbocycles. The quantitative estimate of drug-likeness (QED) is 0.428. The third kappa shape index (κ3) is 5.92. The van der Waals surface area contributed by atoms with Crippen molar-refractivity contribution < 1.29 is 15.3 Å².